The van der Waals surface area contributed by atoms with Crippen LogP contribution in [0, 0.1) is 0 Å². The van der Waals surface area contributed by atoms with Crippen molar-refractivity contribution in [2.24, 2.45) is 0 Å². The van der Waals surface area contributed by atoms with Crippen LogP contribution in [0.1, 0.15) is 145 Å². The van der Waals surface area contributed by atoms with Crippen molar-refractivity contribution >= 4 is 18.5 Å². The first-order chi connectivity index (χ1) is 20.6. The number of hydrogen-bond donors (Lipinski definition) is 0. The second-order valence-electron chi connectivity index (χ2n) is 19.4. The van der Waals surface area contributed by atoms with Gasteiger partial charge in [0.2, 0.25) is 0 Å². The SMILES string of the molecule is CC12CC3(C)OC(C)(CC(C)(O1)C3(CP)c1cc(C(C)(C)C)c(C(C)(C)C)cc1C1(CP)C3(C)CC4(C)OC(C)(CC1(C)O4)O3)O2. The fourth-order valence-electron chi connectivity index (χ4n) is 12.6. The molecule has 0 amide bonds. The quantitative estimate of drug-likeness (QED) is 0.301. The summed E-state index contributed by atoms with van der Waals surface area (Å²) < 4.78 is 42.0. The largest absolute Gasteiger partial charge is 0.343 e. The summed E-state index contributed by atoms with van der Waals surface area (Å²) in [6.07, 6.45) is 4.12. The zero-order valence-electron chi connectivity index (χ0n) is 31.0. The van der Waals surface area contributed by atoms with Crippen LogP contribution in [-0.4, -0.2) is 57.9 Å². The Bertz CT molecular complexity index is 1300. The van der Waals surface area contributed by atoms with E-state index in [1.807, 2.05) is 0 Å². The molecule has 8 heterocycles. The van der Waals surface area contributed by atoms with Crippen molar-refractivity contribution in [2.45, 2.75) is 190 Å². The summed E-state index contributed by atoms with van der Waals surface area (Å²) in [5.41, 5.74) is 1.87. The maximum Gasteiger partial charge on any atom is 0.172 e. The first-order valence-corrected chi connectivity index (χ1v) is 19.1. The molecule has 0 saturated carbocycles. The minimum Gasteiger partial charge on any atom is -0.343 e. The molecule has 6 nitrogen and oxygen atoms in total. The van der Waals surface area contributed by atoms with E-state index in [0.29, 0.717) is 25.7 Å². The predicted octanol–water partition coefficient (Wildman–Crippen LogP) is 8.15. The van der Waals surface area contributed by atoms with Crippen LogP contribution in [-0.2, 0) is 50.1 Å². The molecule has 8 aliphatic rings. The zero-order chi connectivity index (χ0) is 34.2. The van der Waals surface area contributed by atoms with Crippen LogP contribution in [0.15, 0.2) is 12.1 Å². The Hall–Kier alpha value is -0.160. The maximum absolute atomic E-state index is 7.22. The normalized spacial score (nSPS) is 52.5. The molecule has 0 aromatic heterocycles. The molecule has 258 valence electrons. The fraction of sp³-hybridized carbons (Fsp3) is 0.842. The molecule has 0 spiro atoms. The summed E-state index contributed by atoms with van der Waals surface area (Å²) in [4.78, 5) is 0. The van der Waals surface area contributed by atoms with E-state index in [1.54, 1.807) is 0 Å². The molecule has 46 heavy (non-hydrogen) atoms. The molecule has 10 atom stereocenters. The lowest BCUT2D eigenvalue weighted by atomic mass is 9.46. The third-order valence-electron chi connectivity index (χ3n) is 13.2. The molecule has 1 aromatic rings. The highest BCUT2D eigenvalue weighted by Gasteiger charge is 2.81. The van der Waals surface area contributed by atoms with E-state index >= 15 is 0 Å². The van der Waals surface area contributed by atoms with Gasteiger partial charge in [0.05, 0.1) is 33.2 Å². The summed E-state index contributed by atoms with van der Waals surface area (Å²) in [7, 11) is 6.30. The van der Waals surface area contributed by atoms with Gasteiger partial charge in [0.1, 0.15) is 0 Å². The Balaban J connectivity index is 1.63. The molecule has 8 bridgehead atoms. The predicted molar refractivity (Wildman–Crippen MR) is 189 cm³/mol. The van der Waals surface area contributed by atoms with Crippen molar-refractivity contribution in [1.82, 2.24) is 0 Å². The van der Waals surface area contributed by atoms with E-state index in [1.165, 1.54) is 22.3 Å². The van der Waals surface area contributed by atoms with Crippen molar-refractivity contribution in [3.8, 4) is 0 Å². The van der Waals surface area contributed by atoms with E-state index in [2.05, 4.69) is 128 Å². The van der Waals surface area contributed by atoms with Crippen molar-refractivity contribution in [1.29, 1.82) is 0 Å². The van der Waals surface area contributed by atoms with Crippen LogP contribution in [0.3, 0.4) is 0 Å². The van der Waals surface area contributed by atoms with E-state index in [4.69, 9.17) is 28.4 Å². The van der Waals surface area contributed by atoms with Crippen LogP contribution in [0.25, 0.3) is 0 Å². The summed E-state index contributed by atoms with van der Waals surface area (Å²) in [6, 6.07) is 5.13. The number of ether oxygens (including phenoxy) is 6. The topological polar surface area (TPSA) is 55.4 Å². The third kappa shape index (κ3) is 4.00. The van der Waals surface area contributed by atoms with Gasteiger partial charge in [-0.05, 0) is 101 Å². The molecule has 8 heteroatoms. The molecule has 8 fully saturated rings. The summed E-state index contributed by atoms with van der Waals surface area (Å²) in [5.74, 6) is -2.88. The van der Waals surface area contributed by atoms with E-state index in [9.17, 15) is 0 Å². The molecule has 9 rings (SSSR count). The molecule has 8 aliphatic heterocycles. The average Bonchev–Trinajstić information content (AvgIpc) is 2.77. The lowest BCUT2D eigenvalue weighted by molar-refractivity contribution is -0.534. The molecular formula is C38H60O6P2. The van der Waals surface area contributed by atoms with Crippen LogP contribution in [0.2, 0.25) is 0 Å². The lowest BCUT2D eigenvalue weighted by Crippen LogP contribution is -2.85. The zero-order valence-corrected chi connectivity index (χ0v) is 33.3. The van der Waals surface area contributed by atoms with Crippen molar-refractivity contribution in [2.75, 3.05) is 12.3 Å². The van der Waals surface area contributed by atoms with Gasteiger partial charge in [-0.1, -0.05) is 53.7 Å². The minimum atomic E-state index is -0.720. The van der Waals surface area contributed by atoms with Gasteiger partial charge in [-0.25, -0.2) is 0 Å². The van der Waals surface area contributed by atoms with Gasteiger partial charge in [0, 0.05) is 25.7 Å². The minimum absolute atomic E-state index is 0.0950. The molecule has 0 N–H and O–H groups in total. The van der Waals surface area contributed by atoms with Gasteiger partial charge in [-0.2, -0.15) is 0 Å². The van der Waals surface area contributed by atoms with Gasteiger partial charge in [0.15, 0.2) is 23.1 Å². The Morgan fingerprint density at radius 2 is 0.717 bits per heavy atom. The Kier molecular flexibility index (Phi) is 6.71. The highest BCUT2D eigenvalue weighted by Crippen LogP contribution is 2.73. The molecule has 0 radical (unpaired) electrons. The molecule has 8 saturated heterocycles. The van der Waals surface area contributed by atoms with Crippen molar-refractivity contribution in [3.63, 3.8) is 0 Å². The highest BCUT2D eigenvalue weighted by molar-refractivity contribution is 7.16. The second kappa shape index (κ2) is 9.00. The van der Waals surface area contributed by atoms with E-state index in [0.717, 1.165) is 12.3 Å². The van der Waals surface area contributed by atoms with Crippen LogP contribution >= 0.6 is 18.5 Å². The van der Waals surface area contributed by atoms with Crippen LogP contribution < -0.4 is 0 Å². The molecule has 10 unspecified atom stereocenters. The Labute approximate surface area is 282 Å². The van der Waals surface area contributed by atoms with Crippen molar-refractivity contribution < 1.29 is 28.4 Å². The highest BCUT2D eigenvalue weighted by atomic mass is 31.0. The van der Waals surface area contributed by atoms with Crippen LogP contribution in [0.5, 0.6) is 0 Å². The second-order valence-corrected chi connectivity index (χ2v) is 20.3. The van der Waals surface area contributed by atoms with E-state index in [-0.39, 0.29) is 10.8 Å². The van der Waals surface area contributed by atoms with E-state index < -0.39 is 56.4 Å². The van der Waals surface area contributed by atoms with Gasteiger partial charge in [-0.3, -0.25) is 0 Å². The fourth-order valence-corrected chi connectivity index (χ4v) is 14.8. The van der Waals surface area contributed by atoms with Gasteiger partial charge >= 0.3 is 0 Å². The summed E-state index contributed by atoms with van der Waals surface area (Å²) in [6.45, 7) is 31.8. The average molecular weight is 675 g/mol. The Morgan fingerprint density at radius 1 is 0.478 bits per heavy atom. The number of rotatable bonds is 4. The number of hydrogen-bond acceptors (Lipinski definition) is 6. The van der Waals surface area contributed by atoms with Gasteiger partial charge < -0.3 is 28.4 Å². The molecular weight excluding hydrogens is 614 g/mol. The first-order valence-electron chi connectivity index (χ1n) is 17.5. The van der Waals surface area contributed by atoms with Crippen molar-refractivity contribution in [3.05, 3.63) is 34.4 Å². The van der Waals surface area contributed by atoms with Gasteiger partial charge in [-0.15, -0.1) is 18.5 Å². The number of benzene rings is 1. The lowest BCUT2D eigenvalue weighted by Gasteiger charge is -2.77. The standard InChI is InChI=1S/C38H60O6P2/c1-27(2,3)23-15-25(37(21-45)29(7)17-33(11)40-30(37,8)18-34(12,39-29)43-33)26(16-24(23)28(4,5)6)38(22-46)31(9)19-35(13)42-32(38,10)20-36(14,41-31)44-35/h15-16H,17-22,45-46H2,1-14H3. The summed E-state index contributed by atoms with van der Waals surface area (Å²) in [5, 5.41) is 0. The monoisotopic (exact) mass is 674 g/mol. The summed E-state index contributed by atoms with van der Waals surface area (Å²) >= 11 is 0. The smallest absolute Gasteiger partial charge is 0.172 e. The van der Waals surface area contributed by atoms with Gasteiger partial charge in [0.25, 0.3) is 0 Å². The molecule has 1 aromatic carbocycles. The third-order valence-corrected chi connectivity index (χ3v) is 14.4. The first kappa shape index (κ1) is 34.3. The Morgan fingerprint density at radius 3 is 0.913 bits per heavy atom. The van der Waals surface area contributed by atoms with Crippen LogP contribution in [0.4, 0.5) is 0 Å². The maximum atomic E-state index is 7.22. The molecule has 0 aliphatic carbocycles.